The van der Waals surface area contributed by atoms with Crippen LogP contribution in [0.2, 0.25) is 0 Å². The molecule has 1 heterocycles. The van der Waals surface area contributed by atoms with Crippen LogP contribution in [0.3, 0.4) is 0 Å². The van der Waals surface area contributed by atoms with Gasteiger partial charge in [-0.1, -0.05) is 25.7 Å². The van der Waals surface area contributed by atoms with Crippen LogP contribution in [0.4, 0.5) is 0 Å². The van der Waals surface area contributed by atoms with Crippen molar-refractivity contribution >= 4 is 17.0 Å². The zero-order chi connectivity index (χ0) is 13.8. The molecule has 1 aromatic rings. The molecule has 106 valence electrons. The summed E-state index contributed by atoms with van der Waals surface area (Å²) >= 11 is -1.93. The van der Waals surface area contributed by atoms with Crippen molar-refractivity contribution in [1.29, 1.82) is 0 Å². The summed E-state index contributed by atoms with van der Waals surface area (Å²) in [6, 6.07) is -0.677. The Labute approximate surface area is 114 Å². The first kappa shape index (κ1) is 14.2. The largest absolute Gasteiger partial charge is 0.480 e. The Balaban J connectivity index is 2.07. The summed E-state index contributed by atoms with van der Waals surface area (Å²) in [7, 11) is 0. The van der Waals surface area contributed by atoms with Gasteiger partial charge in [0.15, 0.2) is 11.1 Å². The summed E-state index contributed by atoms with van der Waals surface area (Å²) in [6.45, 7) is 0. The van der Waals surface area contributed by atoms with Gasteiger partial charge in [-0.25, -0.2) is 9.00 Å². The van der Waals surface area contributed by atoms with Gasteiger partial charge in [0.05, 0.1) is 11.9 Å². The average molecular weight is 286 g/mol. The number of carboxylic acids is 1. The second-order valence-electron chi connectivity index (χ2n) is 5.03. The molecule has 1 unspecified atom stereocenters. The quantitative estimate of drug-likeness (QED) is 0.778. The van der Waals surface area contributed by atoms with Crippen molar-refractivity contribution in [1.82, 2.24) is 9.78 Å². The molecule has 19 heavy (non-hydrogen) atoms. The van der Waals surface area contributed by atoms with Crippen molar-refractivity contribution in [2.45, 2.75) is 43.9 Å². The molecule has 0 aromatic carbocycles. The molecule has 0 radical (unpaired) electrons. The van der Waals surface area contributed by atoms with Crippen molar-refractivity contribution < 1.29 is 18.7 Å². The van der Waals surface area contributed by atoms with E-state index < -0.39 is 23.1 Å². The van der Waals surface area contributed by atoms with Gasteiger partial charge in [0.2, 0.25) is 0 Å². The van der Waals surface area contributed by atoms with Crippen LogP contribution in [0, 0.1) is 5.92 Å². The van der Waals surface area contributed by atoms with Gasteiger partial charge in [-0.3, -0.25) is 4.68 Å². The van der Waals surface area contributed by atoms with E-state index in [0.29, 0.717) is 17.9 Å². The van der Waals surface area contributed by atoms with Crippen LogP contribution in [-0.2, 0) is 21.6 Å². The molecule has 2 rings (SSSR count). The molecule has 0 spiro atoms. The molecule has 1 aliphatic rings. The molecule has 1 saturated carbocycles. The minimum Gasteiger partial charge on any atom is -0.480 e. The van der Waals surface area contributed by atoms with Gasteiger partial charge in [0, 0.05) is 11.8 Å². The molecular weight excluding hydrogens is 268 g/mol. The second-order valence-corrected chi connectivity index (χ2v) is 5.97. The lowest BCUT2D eigenvalue weighted by atomic mass is 9.98. The van der Waals surface area contributed by atoms with Crippen LogP contribution >= 0.6 is 0 Å². The molecule has 1 fully saturated rings. The fourth-order valence-corrected chi connectivity index (χ4v) is 3.08. The molecule has 1 aliphatic carbocycles. The Morgan fingerprint density at radius 3 is 2.79 bits per heavy atom. The molecule has 1 aromatic heterocycles. The van der Waals surface area contributed by atoms with Gasteiger partial charge >= 0.3 is 5.97 Å². The minimum atomic E-state index is -1.93. The number of aromatic nitrogens is 2. The van der Waals surface area contributed by atoms with Gasteiger partial charge in [-0.2, -0.15) is 5.10 Å². The van der Waals surface area contributed by atoms with Crippen LogP contribution in [0.1, 0.15) is 43.7 Å². The Bertz CT molecular complexity index is 468. The first-order chi connectivity index (χ1) is 9.06. The fraction of sp³-hybridized carbons (Fsp3) is 0.667. The lowest BCUT2D eigenvalue weighted by Crippen LogP contribution is -2.22. The minimum absolute atomic E-state index is 0.0181. The van der Waals surface area contributed by atoms with Crippen LogP contribution in [0.5, 0.6) is 0 Å². The van der Waals surface area contributed by atoms with Gasteiger partial charge in [-0.05, 0) is 12.3 Å². The Morgan fingerprint density at radius 2 is 2.21 bits per heavy atom. The summed E-state index contributed by atoms with van der Waals surface area (Å²) in [6.07, 6.45) is 8.10. The van der Waals surface area contributed by atoms with Gasteiger partial charge < -0.3 is 9.66 Å². The molecule has 2 atom stereocenters. The maximum atomic E-state index is 11.3. The number of carbonyl (C=O) groups is 1. The third-order valence-electron chi connectivity index (χ3n) is 3.58. The molecule has 0 amide bonds. The summed E-state index contributed by atoms with van der Waals surface area (Å²) in [5.74, 6) is -0.470. The number of hydrogen-bond donors (Lipinski definition) is 2. The van der Waals surface area contributed by atoms with Gasteiger partial charge in [0.1, 0.15) is 6.04 Å². The van der Waals surface area contributed by atoms with Crippen molar-refractivity contribution in [2.24, 2.45) is 5.92 Å². The Hall–Kier alpha value is -1.21. The van der Waals surface area contributed by atoms with Gasteiger partial charge in [0.25, 0.3) is 0 Å². The maximum absolute atomic E-state index is 11.3. The number of carboxylic acid groups (broad SMARTS) is 1. The van der Waals surface area contributed by atoms with Crippen LogP contribution < -0.4 is 0 Å². The zero-order valence-electron chi connectivity index (χ0n) is 10.6. The van der Waals surface area contributed by atoms with Crippen molar-refractivity contribution in [3.05, 3.63) is 18.0 Å². The van der Waals surface area contributed by atoms with E-state index in [4.69, 9.17) is 4.55 Å². The number of rotatable bonds is 6. The Morgan fingerprint density at radius 1 is 1.53 bits per heavy atom. The lowest BCUT2D eigenvalue weighted by molar-refractivity contribution is -0.141. The van der Waals surface area contributed by atoms with E-state index in [2.05, 4.69) is 5.10 Å². The van der Waals surface area contributed by atoms with E-state index >= 15 is 0 Å². The summed E-state index contributed by atoms with van der Waals surface area (Å²) < 4.78 is 20.9. The van der Waals surface area contributed by atoms with Crippen LogP contribution in [0.25, 0.3) is 0 Å². The summed E-state index contributed by atoms with van der Waals surface area (Å²) in [4.78, 5) is 11.3. The first-order valence-electron chi connectivity index (χ1n) is 6.39. The molecular formula is C12H18N2O4S. The predicted molar refractivity (Wildman–Crippen MR) is 70.0 cm³/mol. The predicted octanol–water partition coefficient (Wildman–Crippen LogP) is 1.81. The first-order valence-corrected chi connectivity index (χ1v) is 7.67. The van der Waals surface area contributed by atoms with E-state index in [1.54, 1.807) is 6.20 Å². The van der Waals surface area contributed by atoms with E-state index in [-0.39, 0.29) is 5.75 Å². The van der Waals surface area contributed by atoms with E-state index in [0.717, 1.165) is 12.8 Å². The van der Waals surface area contributed by atoms with E-state index in [9.17, 15) is 14.1 Å². The number of hydrogen-bond acceptors (Lipinski definition) is 3. The maximum Gasteiger partial charge on any atom is 0.328 e. The molecule has 7 heteroatoms. The second kappa shape index (κ2) is 6.29. The standard InChI is InChI=1S/C12H18N2O4S/c15-12(16)11(5-9-3-1-2-4-9)14-7-10(6-13-14)8-19(17)18/h6-7,9,11H,1-5,8H2,(H,15,16)(H,17,18)/t11-/m0/s1. The molecule has 0 bridgehead atoms. The van der Waals surface area contributed by atoms with Gasteiger partial charge in [-0.15, -0.1) is 0 Å². The third kappa shape index (κ3) is 3.87. The monoisotopic (exact) mass is 286 g/mol. The van der Waals surface area contributed by atoms with Crippen LogP contribution in [-0.4, -0.2) is 29.6 Å². The number of nitrogens with zero attached hydrogens (tertiary/aromatic N) is 2. The lowest BCUT2D eigenvalue weighted by Gasteiger charge is -2.17. The highest BCUT2D eigenvalue weighted by Crippen LogP contribution is 2.32. The van der Waals surface area contributed by atoms with E-state index in [1.807, 2.05) is 0 Å². The van der Waals surface area contributed by atoms with E-state index in [1.165, 1.54) is 23.7 Å². The highest BCUT2D eigenvalue weighted by molar-refractivity contribution is 7.78. The zero-order valence-corrected chi connectivity index (χ0v) is 11.4. The molecule has 6 nitrogen and oxygen atoms in total. The summed E-state index contributed by atoms with van der Waals surface area (Å²) in [5, 5.41) is 13.3. The highest BCUT2D eigenvalue weighted by Gasteiger charge is 2.26. The van der Waals surface area contributed by atoms with Crippen molar-refractivity contribution in [2.75, 3.05) is 0 Å². The highest BCUT2D eigenvalue weighted by atomic mass is 32.2. The van der Waals surface area contributed by atoms with Crippen LogP contribution in [0.15, 0.2) is 12.4 Å². The SMILES string of the molecule is O=C(O)[C@H](CC1CCCC1)n1cc(CS(=O)O)cn1. The summed E-state index contributed by atoms with van der Waals surface area (Å²) in [5.41, 5.74) is 0.582. The molecule has 0 aliphatic heterocycles. The fourth-order valence-electron chi connectivity index (χ4n) is 2.65. The van der Waals surface area contributed by atoms with Crippen molar-refractivity contribution in [3.8, 4) is 0 Å². The topological polar surface area (TPSA) is 92.4 Å². The number of aliphatic carboxylic acids is 1. The smallest absolute Gasteiger partial charge is 0.328 e. The third-order valence-corrected chi connectivity index (χ3v) is 4.16. The molecule has 2 N–H and O–H groups in total. The Kier molecular flexibility index (Phi) is 4.71. The normalized spacial score (nSPS) is 19.4. The van der Waals surface area contributed by atoms with Crippen molar-refractivity contribution in [3.63, 3.8) is 0 Å². The molecule has 0 saturated heterocycles. The average Bonchev–Trinajstić information content (AvgIpc) is 2.95.